The topological polar surface area (TPSA) is 80.4 Å². The predicted molar refractivity (Wildman–Crippen MR) is 84.0 cm³/mol. The maximum absolute atomic E-state index is 10.5. The highest BCUT2D eigenvalue weighted by atomic mass is 32.2. The summed E-state index contributed by atoms with van der Waals surface area (Å²) in [6.45, 7) is 2.45. The van der Waals surface area contributed by atoms with Crippen molar-refractivity contribution in [2.75, 3.05) is 25.4 Å². The second-order valence-electron chi connectivity index (χ2n) is 3.79. The molecule has 1 aromatic rings. The van der Waals surface area contributed by atoms with Crippen molar-refractivity contribution in [2.24, 2.45) is 4.99 Å². The molecular weight excluding hydrogens is 296 g/mol. The van der Waals surface area contributed by atoms with Gasteiger partial charge in [-0.3, -0.25) is 15.1 Å². The van der Waals surface area contributed by atoms with E-state index in [1.165, 1.54) is 4.88 Å². The fourth-order valence-corrected chi connectivity index (χ4v) is 3.15. The van der Waals surface area contributed by atoms with Crippen molar-refractivity contribution >= 4 is 28.9 Å². The molecule has 0 aliphatic heterocycles. The van der Waals surface area contributed by atoms with Crippen LogP contribution in [0.3, 0.4) is 0 Å². The van der Waals surface area contributed by atoms with Gasteiger partial charge < -0.3 is 5.32 Å². The lowest BCUT2D eigenvalue weighted by atomic mass is 10.4. The second-order valence-corrected chi connectivity index (χ2v) is 5.83. The fraction of sp³-hybridized carbons (Fsp3) is 0.500. The first kappa shape index (κ1) is 16.5. The first-order chi connectivity index (χ1) is 9.63. The van der Waals surface area contributed by atoms with Crippen LogP contribution in [0.15, 0.2) is 10.5 Å². The van der Waals surface area contributed by atoms with Gasteiger partial charge in [-0.25, -0.2) is 4.98 Å². The number of nitrogens with one attached hydrogen (secondary N) is 1. The minimum absolute atomic E-state index is 0.250. The van der Waals surface area contributed by atoms with Crippen molar-refractivity contribution in [1.82, 2.24) is 10.3 Å². The van der Waals surface area contributed by atoms with Crippen LogP contribution in [-0.2, 0) is 5.75 Å². The van der Waals surface area contributed by atoms with Gasteiger partial charge >= 0.3 is 0 Å². The normalized spacial score (nSPS) is 11.1. The quantitative estimate of drug-likeness (QED) is 0.197. The van der Waals surface area contributed by atoms with E-state index in [-0.39, 0.29) is 13.1 Å². The molecule has 0 saturated heterocycles. The molecule has 0 unspecified atom stereocenters. The number of nitrogens with zero attached hydrogens (tertiary/aromatic N) is 3. The third-order valence-corrected chi connectivity index (χ3v) is 4.37. The number of aryl methyl sites for hydroxylation is 1. The molecule has 108 valence electrons. The summed E-state index contributed by atoms with van der Waals surface area (Å²) in [6.07, 6.45) is 5.11. The van der Waals surface area contributed by atoms with Gasteiger partial charge in [-0.2, -0.15) is 11.8 Å². The monoisotopic (exact) mass is 312 g/mol. The molecule has 1 N–H and O–H groups in total. The summed E-state index contributed by atoms with van der Waals surface area (Å²) in [7, 11) is 0. The summed E-state index contributed by atoms with van der Waals surface area (Å²) in [6, 6.07) is 0. The Kier molecular flexibility index (Phi) is 7.69. The SMILES string of the molecule is C#CCNC(C[N+](=O)[O-])=NCCSCc1scnc1C. The van der Waals surface area contributed by atoms with Crippen LogP contribution in [-0.4, -0.2) is 41.1 Å². The molecular formula is C12H16N4O2S2. The predicted octanol–water partition coefficient (Wildman–Crippen LogP) is 1.58. The van der Waals surface area contributed by atoms with Gasteiger partial charge in [0, 0.05) is 21.3 Å². The van der Waals surface area contributed by atoms with E-state index in [0.29, 0.717) is 12.4 Å². The van der Waals surface area contributed by atoms with Crippen LogP contribution in [0.4, 0.5) is 0 Å². The molecule has 0 aliphatic rings. The maximum atomic E-state index is 10.5. The number of aromatic nitrogens is 1. The lowest BCUT2D eigenvalue weighted by molar-refractivity contribution is -0.463. The Bertz CT molecular complexity index is 508. The highest BCUT2D eigenvalue weighted by molar-refractivity contribution is 7.98. The van der Waals surface area contributed by atoms with Gasteiger partial charge in [-0.1, -0.05) is 5.92 Å². The molecule has 20 heavy (non-hydrogen) atoms. The Morgan fingerprint density at radius 2 is 2.55 bits per heavy atom. The lowest BCUT2D eigenvalue weighted by Crippen LogP contribution is -2.31. The van der Waals surface area contributed by atoms with Gasteiger partial charge in [-0.15, -0.1) is 17.8 Å². The molecule has 0 radical (unpaired) electrons. The number of thioether (sulfide) groups is 1. The molecule has 0 amide bonds. The minimum Gasteiger partial charge on any atom is -0.357 e. The number of hydrogen-bond donors (Lipinski definition) is 1. The molecule has 0 atom stereocenters. The molecule has 1 heterocycles. The van der Waals surface area contributed by atoms with Crippen molar-refractivity contribution in [3.05, 3.63) is 26.2 Å². The molecule has 8 heteroatoms. The number of nitro groups is 1. The van der Waals surface area contributed by atoms with Crippen LogP contribution in [0, 0.1) is 29.4 Å². The Hall–Kier alpha value is -1.59. The van der Waals surface area contributed by atoms with Crippen molar-refractivity contribution < 1.29 is 4.92 Å². The van der Waals surface area contributed by atoms with Crippen molar-refractivity contribution in [2.45, 2.75) is 12.7 Å². The van der Waals surface area contributed by atoms with E-state index in [1.54, 1.807) is 23.1 Å². The zero-order chi connectivity index (χ0) is 14.8. The smallest absolute Gasteiger partial charge is 0.259 e. The van der Waals surface area contributed by atoms with Gasteiger partial charge in [0.1, 0.15) is 0 Å². The minimum atomic E-state index is -0.420. The van der Waals surface area contributed by atoms with E-state index in [0.717, 1.165) is 17.2 Å². The molecule has 0 spiro atoms. The van der Waals surface area contributed by atoms with E-state index in [2.05, 4.69) is 21.2 Å². The van der Waals surface area contributed by atoms with Gasteiger partial charge in [0.2, 0.25) is 0 Å². The van der Waals surface area contributed by atoms with E-state index >= 15 is 0 Å². The van der Waals surface area contributed by atoms with Crippen LogP contribution >= 0.6 is 23.1 Å². The van der Waals surface area contributed by atoms with E-state index in [4.69, 9.17) is 6.42 Å². The largest absolute Gasteiger partial charge is 0.357 e. The number of rotatable bonds is 8. The van der Waals surface area contributed by atoms with Crippen molar-refractivity contribution in [1.29, 1.82) is 0 Å². The zero-order valence-corrected chi connectivity index (χ0v) is 12.8. The molecule has 1 rings (SSSR count). The summed E-state index contributed by atoms with van der Waals surface area (Å²) in [5.41, 5.74) is 2.90. The highest BCUT2D eigenvalue weighted by Crippen LogP contribution is 2.19. The van der Waals surface area contributed by atoms with Crippen LogP contribution in [0.1, 0.15) is 10.6 Å². The van der Waals surface area contributed by atoms with Gasteiger partial charge in [0.05, 0.1) is 24.3 Å². The average molecular weight is 312 g/mol. The van der Waals surface area contributed by atoms with Gasteiger partial charge in [0.25, 0.3) is 6.54 Å². The van der Waals surface area contributed by atoms with Crippen LogP contribution in [0.5, 0.6) is 0 Å². The van der Waals surface area contributed by atoms with Gasteiger partial charge in [0.15, 0.2) is 5.84 Å². The fourth-order valence-electron chi connectivity index (χ4n) is 1.31. The molecule has 0 fully saturated rings. The Morgan fingerprint density at radius 3 is 3.15 bits per heavy atom. The first-order valence-electron chi connectivity index (χ1n) is 5.92. The molecule has 0 aromatic carbocycles. The van der Waals surface area contributed by atoms with Gasteiger partial charge in [-0.05, 0) is 6.92 Å². The standard InChI is InChI=1S/C12H16N4O2S2/c1-3-4-13-12(7-16(17)18)14-5-6-19-8-11-10(2)15-9-20-11/h1,9H,4-8H2,2H3,(H,13,14). The van der Waals surface area contributed by atoms with E-state index < -0.39 is 4.92 Å². The average Bonchev–Trinajstić information content (AvgIpc) is 2.80. The summed E-state index contributed by atoms with van der Waals surface area (Å²) in [5, 5.41) is 13.2. The zero-order valence-electron chi connectivity index (χ0n) is 11.2. The van der Waals surface area contributed by atoms with E-state index in [9.17, 15) is 10.1 Å². The Morgan fingerprint density at radius 1 is 1.75 bits per heavy atom. The third kappa shape index (κ3) is 6.54. The number of terminal acetylenes is 1. The number of aliphatic imine (C=N–C) groups is 1. The molecule has 6 nitrogen and oxygen atoms in total. The van der Waals surface area contributed by atoms with Crippen LogP contribution in [0.2, 0.25) is 0 Å². The number of amidine groups is 1. The number of hydrogen-bond acceptors (Lipinski definition) is 6. The first-order valence-corrected chi connectivity index (χ1v) is 7.96. The molecule has 0 aliphatic carbocycles. The van der Waals surface area contributed by atoms with Crippen LogP contribution < -0.4 is 5.32 Å². The summed E-state index contributed by atoms with van der Waals surface area (Å²) in [4.78, 5) is 19.7. The van der Waals surface area contributed by atoms with Crippen molar-refractivity contribution in [3.63, 3.8) is 0 Å². The molecule has 0 bridgehead atoms. The lowest BCUT2D eigenvalue weighted by Gasteiger charge is -2.03. The summed E-state index contributed by atoms with van der Waals surface area (Å²) in [5.74, 6) is 4.41. The Labute approximate surface area is 126 Å². The second kappa shape index (κ2) is 9.34. The highest BCUT2D eigenvalue weighted by Gasteiger charge is 2.06. The molecule has 1 aromatic heterocycles. The van der Waals surface area contributed by atoms with Crippen molar-refractivity contribution in [3.8, 4) is 12.3 Å². The van der Waals surface area contributed by atoms with E-state index in [1.807, 2.05) is 12.4 Å². The summed E-state index contributed by atoms with van der Waals surface area (Å²) >= 11 is 3.38. The Balaban J connectivity index is 2.30. The molecule has 0 saturated carbocycles. The summed E-state index contributed by atoms with van der Waals surface area (Å²) < 4.78 is 0. The van der Waals surface area contributed by atoms with Crippen LogP contribution in [0.25, 0.3) is 0 Å². The maximum Gasteiger partial charge on any atom is 0.259 e. The third-order valence-electron chi connectivity index (χ3n) is 2.29. The number of thiazole rings is 1.